The maximum Gasteiger partial charge on any atom is 0.280 e. The maximum atomic E-state index is 12.9. The molecule has 1 aromatic heterocycles. The summed E-state index contributed by atoms with van der Waals surface area (Å²) in [6.45, 7) is 0.623. The molecule has 0 spiro atoms. The van der Waals surface area contributed by atoms with Crippen molar-refractivity contribution in [3.05, 3.63) is 52.3 Å². The van der Waals surface area contributed by atoms with E-state index in [0.29, 0.717) is 30.9 Å². The van der Waals surface area contributed by atoms with Crippen LogP contribution in [0.5, 0.6) is 5.75 Å². The number of hydrogen-bond acceptors (Lipinski definition) is 5. The van der Waals surface area contributed by atoms with Gasteiger partial charge in [-0.3, -0.25) is 9.59 Å². The quantitative estimate of drug-likeness (QED) is 0.813. The molecule has 0 aliphatic carbocycles. The SMILES string of the molecule is O=C(CCc1cc(=O)[nH]o1)N1CC[C@@](O)(COc2ccc(F)cc2)C1. The fourth-order valence-electron chi connectivity index (χ4n) is 2.77. The lowest BCUT2D eigenvalue weighted by Crippen LogP contribution is -2.40. The van der Waals surface area contributed by atoms with Crippen molar-refractivity contribution in [1.82, 2.24) is 10.1 Å². The van der Waals surface area contributed by atoms with Crippen LogP contribution in [0.2, 0.25) is 0 Å². The Hall–Kier alpha value is -2.61. The zero-order valence-corrected chi connectivity index (χ0v) is 13.5. The number of carbonyl (C=O) groups is 1. The molecule has 3 rings (SSSR count). The Balaban J connectivity index is 1.48. The van der Waals surface area contributed by atoms with Gasteiger partial charge in [-0.2, -0.15) is 5.16 Å². The molecule has 0 unspecified atom stereocenters. The van der Waals surface area contributed by atoms with Crippen molar-refractivity contribution in [2.24, 2.45) is 0 Å². The molecule has 1 aromatic carbocycles. The molecular formula is C17H19FN2O5. The van der Waals surface area contributed by atoms with Gasteiger partial charge in [0.05, 0.1) is 6.54 Å². The summed E-state index contributed by atoms with van der Waals surface area (Å²) in [5.74, 6) is 0.401. The highest BCUT2D eigenvalue weighted by Crippen LogP contribution is 2.24. The summed E-state index contributed by atoms with van der Waals surface area (Å²) in [5.41, 5.74) is -1.47. The van der Waals surface area contributed by atoms with E-state index in [1.165, 1.54) is 30.3 Å². The third-order valence-corrected chi connectivity index (χ3v) is 4.17. The van der Waals surface area contributed by atoms with E-state index >= 15 is 0 Å². The predicted molar refractivity (Wildman–Crippen MR) is 85.7 cm³/mol. The molecule has 7 nitrogen and oxygen atoms in total. The number of hydrogen-bond donors (Lipinski definition) is 2. The van der Waals surface area contributed by atoms with E-state index in [-0.39, 0.29) is 36.9 Å². The van der Waals surface area contributed by atoms with Crippen molar-refractivity contribution in [3.63, 3.8) is 0 Å². The van der Waals surface area contributed by atoms with Crippen molar-refractivity contribution in [3.8, 4) is 5.75 Å². The van der Waals surface area contributed by atoms with Crippen molar-refractivity contribution in [1.29, 1.82) is 0 Å². The molecule has 0 bridgehead atoms. The van der Waals surface area contributed by atoms with Gasteiger partial charge in [0.1, 0.15) is 29.5 Å². The minimum atomic E-state index is -1.13. The highest BCUT2D eigenvalue weighted by atomic mass is 19.1. The number of nitrogens with zero attached hydrogens (tertiary/aromatic N) is 1. The lowest BCUT2D eigenvalue weighted by atomic mass is 10.1. The van der Waals surface area contributed by atoms with Crippen LogP contribution in [-0.2, 0) is 11.2 Å². The Bertz CT molecular complexity index is 785. The van der Waals surface area contributed by atoms with E-state index in [1.54, 1.807) is 4.90 Å². The highest BCUT2D eigenvalue weighted by molar-refractivity contribution is 5.76. The molecule has 134 valence electrons. The van der Waals surface area contributed by atoms with Crippen LogP contribution in [0.4, 0.5) is 4.39 Å². The first-order valence-corrected chi connectivity index (χ1v) is 7.99. The van der Waals surface area contributed by atoms with E-state index < -0.39 is 5.60 Å². The summed E-state index contributed by atoms with van der Waals surface area (Å²) in [4.78, 5) is 24.8. The van der Waals surface area contributed by atoms with Gasteiger partial charge in [-0.15, -0.1) is 0 Å². The van der Waals surface area contributed by atoms with Crippen LogP contribution >= 0.6 is 0 Å². The number of likely N-dealkylation sites (tertiary alicyclic amines) is 1. The minimum Gasteiger partial charge on any atom is -0.491 e. The Morgan fingerprint density at radius 2 is 2.16 bits per heavy atom. The van der Waals surface area contributed by atoms with Gasteiger partial charge in [0.25, 0.3) is 5.56 Å². The molecule has 1 amide bonds. The number of amides is 1. The molecule has 1 atom stereocenters. The average molecular weight is 350 g/mol. The molecule has 1 aliphatic rings. The van der Waals surface area contributed by atoms with Gasteiger partial charge in [0.15, 0.2) is 0 Å². The van der Waals surface area contributed by atoms with Gasteiger partial charge in [-0.25, -0.2) is 4.39 Å². The second-order valence-electron chi connectivity index (χ2n) is 6.21. The number of nitrogens with one attached hydrogen (secondary N) is 1. The molecule has 25 heavy (non-hydrogen) atoms. The molecule has 1 saturated heterocycles. The van der Waals surface area contributed by atoms with Gasteiger partial charge in [0.2, 0.25) is 5.91 Å². The largest absolute Gasteiger partial charge is 0.491 e. The second kappa shape index (κ2) is 7.10. The molecule has 0 saturated carbocycles. The highest BCUT2D eigenvalue weighted by Gasteiger charge is 2.38. The number of β-amino-alcohol motifs (C(OH)–C–C–N with tert-alkyl or cyclic N) is 1. The first kappa shape index (κ1) is 17.2. The zero-order valence-electron chi connectivity index (χ0n) is 13.5. The third-order valence-electron chi connectivity index (χ3n) is 4.17. The Kier molecular flexibility index (Phi) is 4.89. The standard InChI is InChI=1S/C17H19FN2O5/c18-12-1-3-13(4-2-12)24-11-17(23)7-8-20(10-17)16(22)6-5-14-9-15(21)19-25-14/h1-4,9,23H,5-8,10-11H2,(H,19,21)/t17-/m0/s1. The first-order valence-electron chi connectivity index (χ1n) is 7.99. The summed E-state index contributed by atoms with van der Waals surface area (Å²) >= 11 is 0. The summed E-state index contributed by atoms with van der Waals surface area (Å²) in [7, 11) is 0. The predicted octanol–water partition coefficient (Wildman–Crippen LogP) is 1.08. The van der Waals surface area contributed by atoms with Crippen LogP contribution in [0.1, 0.15) is 18.6 Å². The van der Waals surface area contributed by atoms with Gasteiger partial charge >= 0.3 is 0 Å². The number of carbonyl (C=O) groups excluding carboxylic acids is 1. The van der Waals surface area contributed by atoms with E-state index in [4.69, 9.17) is 9.26 Å². The number of aliphatic hydroxyl groups is 1. The molecule has 2 aromatic rings. The number of ether oxygens (including phenoxy) is 1. The summed E-state index contributed by atoms with van der Waals surface area (Å²) in [6.07, 6.45) is 0.910. The first-order chi connectivity index (χ1) is 11.9. The van der Waals surface area contributed by atoms with E-state index in [0.717, 1.165) is 0 Å². The van der Waals surface area contributed by atoms with Gasteiger partial charge in [-0.1, -0.05) is 0 Å². The monoisotopic (exact) mass is 350 g/mol. The van der Waals surface area contributed by atoms with E-state index in [1.807, 2.05) is 0 Å². The fraction of sp³-hybridized carbons (Fsp3) is 0.412. The number of aromatic nitrogens is 1. The van der Waals surface area contributed by atoms with Crippen LogP contribution < -0.4 is 10.3 Å². The van der Waals surface area contributed by atoms with Crippen LogP contribution in [0, 0.1) is 5.82 Å². The second-order valence-corrected chi connectivity index (χ2v) is 6.21. The summed E-state index contributed by atoms with van der Waals surface area (Å²) < 4.78 is 23.3. The average Bonchev–Trinajstić information content (AvgIpc) is 3.19. The summed E-state index contributed by atoms with van der Waals surface area (Å²) in [5, 5.41) is 12.7. The molecule has 0 radical (unpaired) electrons. The number of aryl methyl sites for hydroxylation is 1. The number of benzene rings is 1. The van der Waals surface area contributed by atoms with Crippen molar-refractivity contribution >= 4 is 5.91 Å². The smallest absolute Gasteiger partial charge is 0.280 e. The summed E-state index contributed by atoms with van der Waals surface area (Å²) in [6, 6.07) is 6.85. The van der Waals surface area contributed by atoms with Crippen LogP contribution in [0.25, 0.3) is 0 Å². The van der Waals surface area contributed by atoms with Gasteiger partial charge in [0, 0.05) is 25.5 Å². The molecule has 8 heteroatoms. The fourth-order valence-corrected chi connectivity index (χ4v) is 2.77. The normalized spacial score (nSPS) is 20.0. The Labute approximate surface area is 143 Å². The number of halogens is 1. The van der Waals surface area contributed by atoms with Crippen molar-refractivity contribution in [2.45, 2.75) is 24.9 Å². The molecule has 2 heterocycles. The number of H-pyrrole nitrogens is 1. The van der Waals surface area contributed by atoms with Crippen molar-refractivity contribution < 1.29 is 23.6 Å². The number of rotatable bonds is 6. The zero-order chi connectivity index (χ0) is 17.9. The van der Waals surface area contributed by atoms with Gasteiger partial charge in [-0.05, 0) is 30.7 Å². The molecule has 1 fully saturated rings. The van der Waals surface area contributed by atoms with E-state index in [9.17, 15) is 19.1 Å². The maximum absolute atomic E-state index is 12.9. The third kappa shape index (κ3) is 4.48. The van der Waals surface area contributed by atoms with Gasteiger partial charge < -0.3 is 19.3 Å². The number of aromatic amines is 1. The molecule has 2 N–H and O–H groups in total. The Morgan fingerprint density at radius 3 is 2.84 bits per heavy atom. The molecule has 1 aliphatic heterocycles. The lowest BCUT2D eigenvalue weighted by Gasteiger charge is -2.23. The van der Waals surface area contributed by atoms with Crippen LogP contribution in [-0.4, -0.2) is 46.4 Å². The topological polar surface area (TPSA) is 95.8 Å². The lowest BCUT2D eigenvalue weighted by molar-refractivity contribution is -0.131. The van der Waals surface area contributed by atoms with E-state index in [2.05, 4.69) is 5.16 Å². The molecular weight excluding hydrogens is 331 g/mol. The Morgan fingerprint density at radius 1 is 1.40 bits per heavy atom. The van der Waals surface area contributed by atoms with Crippen molar-refractivity contribution in [2.75, 3.05) is 19.7 Å². The van der Waals surface area contributed by atoms with Crippen LogP contribution in [0.3, 0.4) is 0 Å². The minimum absolute atomic E-state index is 0.0229. The van der Waals surface area contributed by atoms with Crippen LogP contribution in [0.15, 0.2) is 39.6 Å².